The zero-order valence-electron chi connectivity index (χ0n) is 11.8. The molecule has 2 N–H and O–H groups in total. The van der Waals surface area contributed by atoms with E-state index in [0.29, 0.717) is 38.3 Å². The fourth-order valence-corrected chi connectivity index (χ4v) is 2.15. The van der Waals surface area contributed by atoms with E-state index in [2.05, 4.69) is 0 Å². The molecule has 1 aromatic rings. The topological polar surface area (TPSA) is 90.3 Å². The Bertz CT molecular complexity index is 538. The second kappa shape index (κ2) is 6.34. The van der Waals surface area contributed by atoms with Crippen LogP contribution < -0.4 is 0 Å². The number of rotatable bonds is 2. The highest BCUT2D eigenvalue weighted by Gasteiger charge is 2.25. The molecule has 114 valence electrons. The summed E-state index contributed by atoms with van der Waals surface area (Å²) in [5.74, 6) is -0.835. The number of carbonyl (C=O) groups excluding carboxylic acids is 2. The van der Waals surface area contributed by atoms with Gasteiger partial charge in [0.05, 0.1) is 6.61 Å². The van der Waals surface area contributed by atoms with Crippen LogP contribution in [0.25, 0.3) is 0 Å². The Morgan fingerprint density at radius 3 is 2.29 bits per heavy atom. The number of aromatic hydroxyl groups is 2. The molecule has 2 amide bonds. The molecule has 0 spiro atoms. The van der Waals surface area contributed by atoms with Crippen LogP contribution in [0.2, 0.25) is 0 Å². The van der Waals surface area contributed by atoms with Gasteiger partial charge < -0.3 is 24.7 Å². The molecule has 0 aromatic heterocycles. The molecule has 1 aromatic carbocycles. The third-order valence-corrected chi connectivity index (χ3v) is 3.32. The van der Waals surface area contributed by atoms with E-state index < -0.39 is 0 Å². The van der Waals surface area contributed by atoms with Crippen molar-refractivity contribution in [3.63, 3.8) is 0 Å². The summed E-state index contributed by atoms with van der Waals surface area (Å²) in [6.07, 6.45) is -0.369. The van der Waals surface area contributed by atoms with Gasteiger partial charge in [0.25, 0.3) is 5.91 Å². The predicted octanol–water partition coefficient (Wildman–Crippen LogP) is 1.01. The van der Waals surface area contributed by atoms with Gasteiger partial charge in [-0.15, -0.1) is 0 Å². The molecule has 1 saturated heterocycles. The maximum atomic E-state index is 12.3. The first kappa shape index (κ1) is 15.0. The van der Waals surface area contributed by atoms with E-state index >= 15 is 0 Å². The Balaban J connectivity index is 1.97. The summed E-state index contributed by atoms with van der Waals surface area (Å²) in [6.45, 7) is 3.70. The van der Waals surface area contributed by atoms with Gasteiger partial charge in [-0.05, 0) is 25.1 Å². The molecule has 0 radical (unpaired) electrons. The third-order valence-electron chi connectivity index (χ3n) is 3.32. The van der Waals surface area contributed by atoms with Gasteiger partial charge in [-0.3, -0.25) is 4.79 Å². The van der Waals surface area contributed by atoms with Crippen molar-refractivity contribution in [1.29, 1.82) is 0 Å². The zero-order chi connectivity index (χ0) is 15.4. The number of piperazine rings is 1. The van der Waals surface area contributed by atoms with Crippen LogP contribution in [-0.4, -0.2) is 64.8 Å². The molecular weight excluding hydrogens is 276 g/mol. The molecule has 1 aliphatic rings. The maximum Gasteiger partial charge on any atom is 0.409 e. The van der Waals surface area contributed by atoms with Gasteiger partial charge in [0.1, 0.15) is 0 Å². The van der Waals surface area contributed by atoms with Crippen LogP contribution in [0.3, 0.4) is 0 Å². The molecule has 0 saturated carbocycles. The fraction of sp³-hybridized carbons (Fsp3) is 0.429. The normalized spacial score (nSPS) is 14.9. The van der Waals surface area contributed by atoms with Crippen LogP contribution in [-0.2, 0) is 4.74 Å². The van der Waals surface area contributed by atoms with E-state index in [0.717, 1.165) is 0 Å². The number of hydrogen-bond acceptors (Lipinski definition) is 5. The maximum absolute atomic E-state index is 12.3. The summed E-state index contributed by atoms with van der Waals surface area (Å²) in [5, 5.41) is 18.7. The van der Waals surface area contributed by atoms with Crippen LogP contribution in [0.15, 0.2) is 18.2 Å². The van der Waals surface area contributed by atoms with Crippen molar-refractivity contribution < 1.29 is 24.5 Å². The van der Waals surface area contributed by atoms with Crippen molar-refractivity contribution >= 4 is 12.0 Å². The summed E-state index contributed by atoms with van der Waals surface area (Å²) in [7, 11) is 0. The third kappa shape index (κ3) is 3.36. The van der Waals surface area contributed by atoms with Gasteiger partial charge in [-0.2, -0.15) is 0 Å². The van der Waals surface area contributed by atoms with Crippen molar-refractivity contribution in [3.05, 3.63) is 23.8 Å². The van der Waals surface area contributed by atoms with Crippen molar-refractivity contribution in [2.24, 2.45) is 0 Å². The Morgan fingerprint density at radius 1 is 1.10 bits per heavy atom. The SMILES string of the molecule is CCOC(=O)N1CCN(C(=O)c2ccc(O)c(O)c2)CC1. The lowest BCUT2D eigenvalue weighted by molar-refractivity contribution is 0.0570. The van der Waals surface area contributed by atoms with Crippen LogP contribution >= 0.6 is 0 Å². The Hall–Kier alpha value is -2.44. The summed E-state index contributed by atoms with van der Waals surface area (Å²) in [6, 6.07) is 3.96. The average molecular weight is 294 g/mol. The number of phenolic OH excluding ortho intramolecular Hbond substituents is 2. The largest absolute Gasteiger partial charge is 0.504 e. The number of hydrogen-bond donors (Lipinski definition) is 2. The van der Waals surface area contributed by atoms with Crippen LogP contribution in [0.4, 0.5) is 4.79 Å². The number of ether oxygens (including phenoxy) is 1. The van der Waals surface area contributed by atoms with E-state index in [1.54, 1.807) is 16.7 Å². The summed E-state index contributed by atoms with van der Waals surface area (Å²) < 4.78 is 4.91. The van der Waals surface area contributed by atoms with E-state index in [1.165, 1.54) is 18.2 Å². The Labute approximate surface area is 122 Å². The quantitative estimate of drug-likeness (QED) is 0.795. The van der Waals surface area contributed by atoms with Crippen molar-refractivity contribution in [3.8, 4) is 11.5 Å². The summed E-state index contributed by atoms with van der Waals surface area (Å²) >= 11 is 0. The van der Waals surface area contributed by atoms with Crippen molar-refractivity contribution in [1.82, 2.24) is 9.80 Å². The van der Waals surface area contributed by atoms with E-state index in [4.69, 9.17) is 4.74 Å². The van der Waals surface area contributed by atoms with Crippen molar-refractivity contribution in [2.45, 2.75) is 6.92 Å². The highest BCUT2D eigenvalue weighted by molar-refractivity contribution is 5.95. The molecule has 0 unspecified atom stereocenters. The zero-order valence-corrected chi connectivity index (χ0v) is 11.8. The van der Waals surface area contributed by atoms with Gasteiger partial charge in [-0.1, -0.05) is 0 Å². The standard InChI is InChI=1S/C14H18N2O5/c1-2-21-14(20)16-7-5-15(6-8-16)13(19)10-3-4-11(17)12(18)9-10/h3-4,9,17-18H,2,5-8H2,1H3. The van der Waals surface area contributed by atoms with Gasteiger partial charge in [0.15, 0.2) is 11.5 Å². The molecule has 1 fully saturated rings. The second-order valence-corrected chi connectivity index (χ2v) is 4.68. The minimum Gasteiger partial charge on any atom is -0.504 e. The highest BCUT2D eigenvalue weighted by Crippen LogP contribution is 2.25. The molecular formula is C14H18N2O5. The van der Waals surface area contributed by atoms with Crippen LogP contribution in [0.1, 0.15) is 17.3 Å². The second-order valence-electron chi connectivity index (χ2n) is 4.68. The lowest BCUT2D eigenvalue weighted by atomic mass is 10.1. The molecule has 7 nitrogen and oxygen atoms in total. The minimum atomic E-state index is -0.369. The molecule has 7 heteroatoms. The number of benzene rings is 1. The molecule has 21 heavy (non-hydrogen) atoms. The first-order valence-electron chi connectivity index (χ1n) is 6.76. The fourth-order valence-electron chi connectivity index (χ4n) is 2.15. The van der Waals surface area contributed by atoms with Crippen LogP contribution in [0.5, 0.6) is 11.5 Å². The van der Waals surface area contributed by atoms with E-state index in [1.807, 2.05) is 0 Å². The van der Waals surface area contributed by atoms with E-state index in [-0.39, 0.29) is 23.5 Å². The number of amides is 2. The number of carbonyl (C=O) groups is 2. The molecule has 1 aliphatic heterocycles. The Kier molecular flexibility index (Phi) is 4.52. The van der Waals surface area contributed by atoms with Gasteiger partial charge in [0.2, 0.25) is 0 Å². The first-order valence-corrected chi connectivity index (χ1v) is 6.76. The predicted molar refractivity (Wildman–Crippen MR) is 74.3 cm³/mol. The lowest BCUT2D eigenvalue weighted by Crippen LogP contribution is -2.50. The van der Waals surface area contributed by atoms with Gasteiger partial charge in [0, 0.05) is 31.7 Å². The number of phenols is 2. The van der Waals surface area contributed by atoms with Gasteiger partial charge >= 0.3 is 6.09 Å². The van der Waals surface area contributed by atoms with Crippen molar-refractivity contribution in [2.75, 3.05) is 32.8 Å². The molecule has 1 heterocycles. The molecule has 0 aliphatic carbocycles. The number of nitrogens with zero attached hydrogens (tertiary/aromatic N) is 2. The average Bonchev–Trinajstić information content (AvgIpc) is 2.50. The summed E-state index contributed by atoms with van der Waals surface area (Å²) in [5.41, 5.74) is 0.301. The molecule has 2 rings (SSSR count). The molecule has 0 bridgehead atoms. The smallest absolute Gasteiger partial charge is 0.409 e. The minimum absolute atomic E-state index is 0.242. The Morgan fingerprint density at radius 2 is 1.71 bits per heavy atom. The first-order chi connectivity index (χ1) is 10.0. The monoisotopic (exact) mass is 294 g/mol. The van der Waals surface area contributed by atoms with Gasteiger partial charge in [-0.25, -0.2) is 4.79 Å². The van der Waals surface area contributed by atoms with E-state index in [9.17, 15) is 19.8 Å². The highest BCUT2D eigenvalue weighted by atomic mass is 16.6. The lowest BCUT2D eigenvalue weighted by Gasteiger charge is -2.34. The molecule has 0 atom stereocenters. The summed E-state index contributed by atoms with van der Waals surface area (Å²) in [4.78, 5) is 27.0. The van der Waals surface area contributed by atoms with Crippen LogP contribution in [0, 0.1) is 0 Å².